The van der Waals surface area contributed by atoms with Crippen LogP contribution in [-0.4, -0.2) is 0 Å². The lowest BCUT2D eigenvalue weighted by Crippen LogP contribution is -2.39. The zero-order chi connectivity index (χ0) is 9.31. The molecular formula is C13H18. The number of hydrogen-bond acceptors (Lipinski definition) is 0. The lowest BCUT2D eigenvalue weighted by atomic mass is 9.58. The van der Waals surface area contributed by atoms with E-state index in [1.807, 2.05) is 0 Å². The van der Waals surface area contributed by atoms with Gasteiger partial charge in [0.05, 0.1) is 0 Å². The molecule has 70 valence electrons. The molecule has 13 heavy (non-hydrogen) atoms. The van der Waals surface area contributed by atoms with Crippen molar-refractivity contribution in [3.8, 4) is 0 Å². The van der Waals surface area contributed by atoms with Crippen molar-refractivity contribution in [2.45, 2.75) is 38.5 Å². The average molecular weight is 174 g/mol. The van der Waals surface area contributed by atoms with Crippen molar-refractivity contribution in [2.24, 2.45) is 5.92 Å². The molecule has 0 heteroatoms. The van der Waals surface area contributed by atoms with Crippen molar-refractivity contribution in [1.82, 2.24) is 0 Å². The Bertz CT molecular complexity index is 267. The van der Waals surface area contributed by atoms with Gasteiger partial charge in [-0.25, -0.2) is 0 Å². The minimum atomic E-state index is 0.515. The lowest BCUT2D eigenvalue weighted by Gasteiger charge is -2.46. The second-order valence-electron chi connectivity index (χ2n) is 4.53. The van der Waals surface area contributed by atoms with Crippen LogP contribution in [0, 0.1) is 5.92 Å². The van der Waals surface area contributed by atoms with E-state index in [1.54, 1.807) is 5.56 Å². The molecule has 0 aromatic heterocycles. The monoisotopic (exact) mass is 174 g/mol. The molecule has 0 bridgehead atoms. The SMILES string of the molecule is CC(C)C1(c2ccccc2)CCC1. The molecule has 1 aromatic rings. The first-order valence-electron chi connectivity index (χ1n) is 5.31. The second kappa shape index (κ2) is 3.17. The minimum absolute atomic E-state index is 0.515. The largest absolute Gasteiger partial charge is 0.0622 e. The highest BCUT2D eigenvalue weighted by atomic mass is 14.4. The molecule has 1 saturated carbocycles. The van der Waals surface area contributed by atoms with Crippen LogP contribution in [0.5, 0.6) is 0 Å². The highest BCUT2D eigenvalue weighted by molar-refractivity contribution is 5.28. The molecule has 0 atom stereocenters. The molecule has 2 rings (SSSR count). The highest BCUT2D eigenvalue weighted by Gasteiger charge is 2.40. The quantitative estimate of drug-likeness (QED) is 0.640. The van der Waals surface area contributed by atoms with Crippen LogP contribution in [0.4, 0.5) is 0 Å². The minimum Gasteiger partial charge on any atom is -0.0622 e. The topological polar surface area (TPSA) is 0 Å². The Labute approximate surface area is 81.0 Å². The normalized spacial score (nSPS) is 19.9. The first-order chi connectivity index (χ1) is 6.26. The van der Waals surface area contributed by atoms with Crippen molar-refractivity contribution in [2.75, 3.05) is 0 Å². The molecule has 1 aromatic carbocycles. The van der Waals surface area contributed by atoms with Gasteiger partial charge in [-0.2, -0.15) is 0 Å². The predicted octanol–water partition coefficient (Wildman–Crippen LogP) is 3.76. The van der Waals surface area contributed by atoms with E-state index in [9.17, 15) is 0 Å². The van der Waals surface area contributed by atoms with Crippen molar-refractivity contribution in [3.63, 3.8) is 0 Å². The molecule has 0 amide bonds. The maximum absolute atomic E-state index is 2.35. The maximum Gasteiger partial charge on any atom is -0.00240 e. The van der Waals surface area contributed by atoms with Crippen molar-refractivity contribution in [3.05, 3.63) is 35.9 Å². The summed E-state index contributed by atoms with van der Waals surface area (Å²) < 4.78 is 0. The van der Waals surface area contributed by atoms with Crippen LogP contribution in [-0.2, 0) is 5.41 Å². The van der Waals surface area contributed by atoms with E-state index in [4.69, 9.17) is 0 Å². The van der Waals surface area contributed by atoms with Crippen molar-refractivity contribution < 1.29 is 0 Å². The van der Waals surface area contributed by atoms with Crippen LogP contribution in [0.2, 0.25) is 0 Å². The Kier molecular flexibility index (Phi) is 2.15. The van der Waals surface area contributed by atoms with Gasteiger partial charge in [0, 0.05) is 0 Å². The fourth-order valence-electron chi connectivity index (χ4n) is 2.53. The molecule has 0 radical (unpaired) electrons. The highest BCUT2D eigenvalue weighted by Crippen LogP contribution is 2.48. The fraction of sp³-hybridized carbons (Fsp3) is 0.538. The third kappa shape index (κ3) is 1.29. The van der Waals surface area contributed by atoms with E-state index in [1.165, 1.54) is 19.3 Å². The van der Waals surface area contributed by atoms with E-state index < -0.39 is 0 Å². The van der Waals surface area contributed by atoms with Crippen LogP contribution in [0.15, 0.2) is 30.3 Å². The van der Waals surface area contributed by atoms with E-state index in [0.29, 0.717) is 5.41 Å². The number of benzene rings is 1. The zero-order valence-corrected chi connectivity index (χ0v) is 8.59. The Morgan fingerprint density at radius 3 is 2.08 bits per heavy atom. The summed E-state index contributed by atoms with van der Waals surface area (Å²) in [6.45, 7) is 4.71. The Morgan fingerprint density at radius 2 is 1.69 bits per heavy atom. The van der Waals surface area contributed by atoms with Gasteiger partial charge in [0.2, 0.25) is 0 Å². The van der Waals surface area contributed by atoms with Crippen molar-refractivity contribution in [1.29, 1.82) is 0 Å². The molecule has 0 saturated heterocycles. The lowest BCUT2D eigenvalue weighted by molar-refractivity contribution is 0.169. The van der Waals surface area contributed by atoms with Gasteiger partial charge in [-0.1, -0.05) is 50.6 Å². The molecule has 0 spiro atoms. The van der Waals surface area contributed by atoms with Crippen LogP contribution in [0.25, 0.3) is 0 Å². The average Bonchev–Trinajstić information content (AvgIpc) is 2.03. The molecule has 0 N–H and O–H groups in total. The third-order valence-corrected chi connectivity index (χ3v) is 3.70. The summed E-state index contributed by atoms with van der Waals surface area (Å²) in [5, 5.41) is 0. The molecule has 0 nitrogen and oxygen atoms in total. The second-order valence-corrected chi connectivity index (χ2v) is 4.53. The van der Waals surface area contributed by atoms with E-state index in [-0.39, 0.29) is 0 Å². The van der Waals surface area contributed by atoms with Gasteiger partial charge < -0.3 is 0 Å². The van der Waals surface area contributed by atoms with Gasteiger partial charge >= 0.3 is 0 Å². The van der Waals surface area contributed by atoms with Crippen LogP contribution >= 0.6 is 0 Å². The standard InChI is InChI=1S/C13H18/c1-11(2)13(9-6-10-13)12-7-4-3-5-8-12/h3-5,7-8,11H,6,9-10H2,1-2H3. The fourth-order valence-corrected chi connectivity index (χ4v) is 2.53. The summed E-state index contributed by atoms with van der Waals surface area (Å²) in [5.74, 6) is 0.781. The van der Waals surface area contributed by atoms with E-state index in [2.05, 4.69) is 44.2 Å². The zero-order valence-electron chi connectivity index (χ0n) is 8.59. The van der Waals surface area contributed by atoms with Gasteiger partial charge in [-0.05, 0) is 29.7 Å². The molecular weight excluding hydrogens is 156 g/mol. The van der Waals surface area contributed by atoms with Gasteiger partial charge in [0.25, 0.3) is 0 Å². The summed E-state index contributed by atoms with van der Waals surface area (Å²) >= 11 is 0. The summed E-state index contributed by atoms with van der Waals surface area (Å²) in [4.78, 5) is 0. The van der Waals surface area contributed by atoms with Gasteiger partial charge in [-0.15, -0.1) is 0 Å². The first kappa shape index (κ1) is 8.80. The summed E-state index contributed by atoms with van der Waals surface area (Å²) in [7, 11) is 0. The Morgan fingerprint density at radius 1 is 1.08 bits per heavy atom. The van der Waals surface area contributed by atoms with Crippen LogP contribution in [0.1, 0.15) is 38.7 Å². The third-order valence-electron chi connectivity index (χ3n) is 3.70. The first-order valence-corrected chi connectivity index (χ1v) is 5.31. The molecule has 1 aliphatic carbocycles. The van der Waals surface area contributed by atoms with Gasteiger partial charge in [0.1, 0.15) is 0 Å². The van der Waals surface area contributed by atoms with Gasteiger partial charge in [-0.3, -0.25) is 0 Å². The Balaban J connectivity index is 2.32. The van der Waals surface area contributed by atoms with E-state index >= 15 is 0 Å². The molecule has 0 aliphatic heterocycles. The summed E-state index contributed by atoms with van der Waals surface area (Å²) in [5.41, 5.74) is 2.07. The van der Waals surface area contributed by atoms with Crippen LogP contribution < -0.4 is 0 Å². The molecule has 1 aliphatic rings. The summed E-state index contributed by atoms with van der Waals surface area (Å²) in [6, 6.07) is 11.0. The molecule has 0 unspecified atom stereocenters. The Hall–Kier alpha value is -0.780. The molecule has 1 fully saturated rings. The molecule has 0 heterocycles. The number of rotatable bonds is 2. The van der Waals surface area contributed by atoms with Crippen molar-refractivity contribution >= 4 is 0 Å². The summed E-state index contributed by atoms with van der Waals surface area (Å²) in [6.07, 6.45) is 4.18. The maximum atomic E-state index is 2.35. The number of hydrogen-bond donors (Lipinski definition) is 0. The van der Waals surface area contributed by atoms with Crippen LogP contribution in [0.3, 0.4) is 0 Å². The predicted molar refractivity (Wildman–Crippen MR) is 56.8 cm³/mol. The smallest absolute Gasteiger partial charge is 0.00240 e. The van der Waals surface area contributed by atoms with Gasteiger partial charge in [0.15, 0.2) is 0 Å². The van der Waals surface area contributed by atoms with E-state index in [0.717, 1.165) is 5.92 Å².